The van der Waals surface area contributed by atoms with Crippen LogP contribution in [0.4, 0.5) is 4.39 Å². The summed E-state index contributed by atoms with van der Waals surface area (Å²) in [7, 11) is 0. The quantitative estimate of drug-likeness (QED) is 0.766. The fourth-order valence-corrected chi connectivity index (χ4v) is 2.05. The third kappa shape index (κ3) is 6.28. The first-order valence-electron chi connectivity index (χ1n) is 8.04. The van der Waals surface area contributed by atoms with Crippen molar-refractivity contribution in [3.05, 3.63) is 59.9 Å². The maximum Gasteiger partial charge on any atom is 0.257 e. The second kappa shape index (κ2) is 9.55. The highest BCUT2D eigenvalue weighted by atomic mass is 19.1. The van der Waals surface area contributed by atoms with Gasteiger partial charge in [-0.3, -0.25) is 4.79 Å². The van der Waals surface area contributed by atoms with Crippen molar-refractivity contribution in [3.8, 4) is 11.5 Å². The van der Waals surface area contributed by atoms with E-state index in [0.717, 1.165) is 17.7 Å². The number of benzene rings is 2. The third-order valence-corrected chi connectivity index (χ3v) is 3.32. The van der Waals surface area contributed by atoms with Gasteiger partial charge in [0.15, 0.2) is 6.61 Å². The average Bonchev–Trinajstić information content (AvgIpc) is 2.61. The van der Waals surface area contributed by atoms with Crippen molar-refractivity contribution in [1.29, 1.82) is 0 Å². The Morgan fingerprint density at radius 1 is 1.00 bits per heavy atom. The molecule has 24 heavy (non-hydrogen) atoms. The van der Waals surface area contributed by atoms with Gasteiger partial charge in [0.2, 0.25) is 0 Å². The molecule has 0 aliphatic rings. The smallest absolute Gasteiger partial charge is 0.257 e. The maximum atomic E-state index is 12.8. The number of halogens is 1. The van der Waals surface area contributed by atoms with E-state index in [1.54, 1.807) is 24.3 Å². The average molecular weight is 331 g/mol. The lowest BCUT2D eigenvalue weighted by molar-refractivity contribution is -0.123. The van der Waals surface area contributed by atoms with Crippen molar-refractivity contribution in [1.82, 2.24) is 5.32 Å². The van der Waals surface area contributed by atoms with Crippen LogP contribution < -0.4 is 14.8 Å². The lowest BCUT2D eigenvalue weighted by atomic mass is 10.1. The van der Waals surface area contributed by atoms with E-state index < -0.39 is 0 Å². The summed E-state index contributed by atoms with van der Waals surface area (Å²) in [6, 6.07) is 13.4. The summed E-state index contributed by atoms with van der Waals surface area (Å²) in [5.41, 5.74) is 0.972. The first-order valence-corrected chi connectivity index (χ1v) is 8.04. The summed E-state index contributed by atoms with van der Waals surface area (Å²) in [4.78, 5) is 11.7. The third-order valence-electron chi connectivity index (χ3n) is 3.32. The molecule has 2 rings (SSSR count). The zero-order valence-electron chi connectivity index (χ0n) is 13.8. The van der Waals surface area contributed by atoms with Crippen LogP contribution in [0, 0.1) is 5.82 Å². The van der Waals surface area contributed by atoms with Gasteiger partial charge in [0, 0.05) is 6.54 Å². The molecule has 0 heterocycles. The van der Waals surface area contributed by atoms with E-state index in [9.17, 15) is 9.18 Å². The van der Waals surface area contributed by atoms with Crippen LogP contribution in [0.25, 0.3) is 0 Å². The zero-order chi connectivity index (χ0) is 17.2. The van der Waals surface area contributed by atoms with Gasteiger partial charge in [-0.1, -0.05) is 19.1 Å². The van der Waals surface area contributed by atoms with E-state index in [1.165, 1.54) is 12.1 Å². The van der Waals surface area contributed by atoms with E-state index in [0.29, 0.717) is 25.3 Å². The Morgan fingerprint density at radius 2 is 1.62 bits per heavy atom. The van der Waals surface area contributed by atoms with Gasteiger partial charge < -0.3 is 14.8 Å². The Balaban J connectivity index is 1.66. The summed E-state index contributed by atoms with van der Waals surface area (Å²) < 4.78 is 23.7. The largest absolute Gasteiger partial charge is 0.494 e. The van der Waals surface area contributed by atoms with Crippen LogP contribution >= 0.6 is 0 Å². The topological polar surface area (TPSA) is 47.6 Å². The Labute approximate surface area is 141 Å². The standard InChI is InChI=1S/C19H22FNO3/c1-2-13-23-17-7-9-18(10-8-17)24-14-19(22)21-12-11-15-3-5-16(20)6-4-15/h3-10H,2,11-14H2,1H3,(H,21,22). The molecule has 0 radical (unpaired) electrons. The summed E-state index contributed by atoms with van der Waals surface area (Å²) in [6.45, 7) is 3.17. The minimum absolute atomic E-state index is 0.0431. The van der Waals surface area contributed by atoms with Crippen molar-refractivity contribution < 1.29 is 18.7 Å². The number of nitrogens with one attached hydrogen (secondary N) is 1. The van der Waals surface area contributed by atoms with E-state index in [2.05, 4.69) is 5.32 Å². The molecule has 1 N–H and O–H groups in total. The normalized spacial score (nSPS) is 10.2. The Kier molecular flexibility index (Phi) is 7.08. The Hall–Kier alpha value is -2.56. The first kappa shape index (κ1) is 17.8. The molecule has 5 heteroatoms. The lowest BCUT2D eigenvalue weighted by Crippen LogP contribution is -2.30. The van der Waals surface area contributed by atoms with Gasteiger partial charge in [0.25, 0.3) is 5.91 Å². The molecule has 0 aromatic heterocycles. The molecular formula is C19H22FNO3. The summed E-state index contributed by atoms with van der Waals surface area (Å²) in [5, 5.41) is 2.77. The van der Waals surface area contributed by atoms with Crippen LogP contribution in [0.2, 0.25) is 0 Å². The fourth-order valence-electron chi connectivity index (χ4n) is 2.05. The van der Waals surface area contributed by atoms with Crippen LogP contribution in [-0.4, -0.2) is 25.7 Å². The Morgan fingerprint density at radius 3 is 2.25 bits per heavy atom. The van der Waals surface area contributed by atoms with Crippen molar-refractivity contribution in [2.45, 2.75) is 19.8 Å². The summed E-state index contributed by atoms with van der Waals surface area (Å²) in [6.07, 6.45) is 1.60. The SMILES string of the molecule is CCCOc1ccc(OCC(=O)NCCc2ccc(F)cc2)cc1. The molecule has 0 fully saturated rings. The Bertz CT molecular complexity index is 626. The van der Waals surface area contributed by atoms with Gasteiger partial charge in [0.05, 0.1) is 6.61 Å². The van der Waals surface area contributed by atoms with Crippen LogP contribution in [-0.2, 0) is 11.2 Å². The highest BCUT2D eigenvalue weighted by molar-refractivity contribution is 5.77. The molecule has 0 unspecified atom stereocenters. The van der Waals surface area contributed by atoms with Gasteiger partial charge in [-0.25, -0.2) is 4.39 Å². The molecule has 0 aliphatic heterocycles. The molecule has 1 amide bonds. The molecule has 128 valence electrons. The summed E-state index contributed by atoms with van der Waals surface area (Å²) in [5.74, 6) is 0.950. The van der Waals surface area contributed by atoms with Gasteiger partial charge in [-0.15, -0.1) is 0 Å². The molecule has 0 spiro atoms. The monoisotopic (exact) mass is 331 g/mol. The molecule has 4 nitrogen and oxygen atoms in total. The van der Waals surface area contributed by atoms with E-state index in [4.69, 9.17) is 9.47 Å². The number of carbonyl (C=O) groups excluding carboxylic acids is 1. The molecule has 2 aromatic carbocycles. The van der Waals surface area contributed by atoms with Crippen LogP contribution in [0.15, 0.2) is 48.5 Å². The number of hydrogen-bond donors (Lipinski definition) is 1. The van der Waals surface area contributed by atoms with E-state index in [1.807, 2.05) is 19.1 Å². The minimum Gasteiger partial charge on any atom is -0.494 e. The van der Waals surface area contributed by atoms with Crippen LogP contribution in [0.1, 0.15) is 18.9 Å². The lowest BCUT2D eigenvalue weighted by Gasteiger charge is -2.09. The molecule has 0 saturated heterocycles. The molecule has 0 bridgehead atoms. The van der Waals surface area contributed by atoms with E-state index >= 15 is 0 Å². The van der Waals surface area contributed by atoms with Crippen molar-refractivity contribution in [3.63, 3.8) is 0 Å². The van der Waals surface area contributed by atoms with Gasteiger partial charge >= 0.3 is 0 Å². The van der Waals surface area contributed by atoms with Gasteiger partial charge in [-0.2, -0.15) is 0 Å². The molecule has 0 aliphatic carbocycles. The number of amides is 1. The molecule has 0 saturated carbocycles. The number of ether oxygens (including phenoxy) is 2. The molecule has 0 atom stereocenters. The van der Waals surface area contributed by atoms with Gasteiger partial charge in [0.1, 0.15) is 17.3 Å². The van der Waals surface area contributed by atoms with Gasteiger partial charge in [-0.05, 0) is 54.8 Å². The minimum atomic E-state index is -0.262. The van der Waals surface area contributed by atoms with Crippen LogP contribution in [0.5, 0.6) is 11.5 Å². The van der Waals surface area contributed by atoms with Crippen molar-refractivity contribution >= 4 is 5.91 Å². The second-order valence-electron chi connectivity index (χ2n) is 5.33. The predicted octanol–water partition coefficient (Wildman–Crippen LogP) is 3.35. The number of rotatable bonds is 9. The van der Waals surface area contributed by atoms with Crippen LogP contribution in [0.3, 0.4) is 0 Å². The van der Waals surface area contributed by atoms with E-state index in [-0.39, 0.29) is 18.3 Å². The van der Waals surface area contributed by atoms with Crippen molar-refractivity contribution in [2.24, 2.45) is 0 Å². The fraction of sp³-hybridized carbons (Fsp3) is 0.316. The maximum absolute atomic E-state index is 12.8. The van der Waals surface area contributed by atoms with Crippen molar-refractivity contribution in [2.75, 3.05) is 19.8 Å². The first-order chi connectivity index (χ1) is 11.7. The highest BCUT2D eigenvalue weighted by Gasteiger charge is 2.03. The number of hydrogen-bond acceptors (Lipinski definition) is 3. The second-order valence-corrected chi connectivity index (χ2v) is 5.33. The summed E-state index contributed by atoms with van der Waals surface area (Å²) >= 11 is 0. The zero-order valence-corrected chi connectivity index (χ0v) is 13.8. The number of carbonyl (C=O) groups is 1. The predicted molar refractivity (Wildman–Crippen MR) is 90.8 cm³/mol. The highest BCUT2D eigenvalue weighted by Crippen LogP contribution is 2.17. The molecule has 2 aromatic rings. The molecular weight excluding hydrogens is 309 g/mol.